The van der Waals surface area contributed by atoms with Gasteiger partial charge in [-0.1, -0.05) is 37.1 Å². The molecule has 2 amide bonds. The average Bonchev–Trinajstić information content (AvgIpc) is 3.38. The van der Waals surface area contributed by atoms with Crippen LogP contribution in [-0.2, 0) is 14.4 Å². The molecule has 36 heavy (non-hydrogen) atoms. The minimum Gasteiger partial charge on any atom is -0.481 e. The van der Waals surface area contributed by atoms with Crippen LogP contribution in [0.3, 0.4) is 0 Å². The van der Waals surface area contributed by atoms with Crippen molar-refractivity contribution in [2.75, 3.05) is 24.6 Å². The average molecular weight is 515 g/mol. The number of aliphatic hydroxyl groups is 1. The molecule has 3 fully saturated rings. The lowest BCUT2D eigenvalue weighted by Gasteiger charge is -2.38. The topological polar surface area (TPSA) is 98.2 Å². The summed E-state index contributed by atoms with van der Waals surface area (Å²) >= 11 is 1.57. The number of benzene rings is 1. The predicted molar refractivity (Wildman–Crippen MR) is 142 cm³/mol. The van der Waals surface area contributed by atoms with Gasteiger partial charge >= 0.3 is 5.97 Å². The molecule has 1 aromatic rings. The van der Waals surface area contributed by atoms with Crippen LogP contribution in [0.1, 0.15) is 56.6 Å². The number of thioether (sulfide) groups is 1. The number of likely N-dealkylation sites (tertiary alicyclic amines) is 1. The SMILES string of the molecule is C=CCN(C(=O)C1N(CCCCCCO)C(=O)[C@@H]2[C@@H](C(=O)O)[C@@]3(C)CCC12S3)c1c(C)cccc1C. The van der Waals surface area contributed by atoms with Crippen molar-refractivity contribution in [2.24, 2.45) is 11.8 Å². The number of hydrogen-bond donors (Lipinski definition) is 2. The third-order valence-electron chi connectivity index (χ3n) is 8.37. The maximum absolute atomic E-state index is 14.5. The van der Waals surface area contributed by atoms with Crippen LogP contribution in [0.2, 0.25) is 0 Å². The number of carbonyl (C=O) groups is 3. The van der Waals surface area contributed by atoms with Crippen molar-refractivity contribution in [2.45, 2.75) is 74.8 Å². The largest absolute Gasteiger partial charge is 0.481 e. The van der Waals surface area contributed by atoms with Gasteiger partial charge in [0.05, 0.1) is 16.6 Å². The molecule has 1 aromatic carbocycles. The van der Waals surface area contributed by atoms with Crippen LogP contribution in [-0.4, -0.2) is 68.1 Å². The molecule has 3 heterocycles. The molecular weight excluding hydrogens is 476 g/mol. The highest BCUT2D eigenvalue weighted by atomic mass is 32.2. The summed E-state index contributed by atoms with van der Waals surface area (Å²) in [5.74, 6) is -2.79. The fourth-order valence-corrected chi connectivity index (χ4v) is 9.21. The minimum absolute atomic E-state index is 0.136. The second-order valence-corrected chi connectivity index (χ2v) is 12.6. The number of aliphatic hydroxyl groups excluding tert-OH is 1. The van der Waals surface area contributed by atoms with E-state index in [1.165, 1.54) is 0 Å². The minimum atomic E-state index is -0.946. The highest BCUT2D eigenvalue weighted by Crippen LogP contribution is 2.71. The zero-order valence-electron chi connectivity index (χ0n) is 21.5. The lowest BCUT2D eigenvalue weighted by atomic mass is 9.66. The number of para-hydroxylation sites is 1. The molecule has 0 saturated carbocycles. The monoisotopic (exact) mass is 514 g/mol. The van der Waals surface area contributed by atoms with Crippen molar-refractivity contribution >= 4 is 35.2 Å². The number of carboxylic acid groups (broad SMARTS) is 1. The zero-order chi connectivity index (χ0) is 26.3. The standard InChI is InChI=1S/C28H38N2O5S/c1-5-15-29(22-18(2)11-10-12-19(22)3)25(33)23-28-14-13-27(4,36-28)21(26(34)35)20(28)24(32)30(23)16-8-6-7-9-17-31/h5,10-12,20-21,23,31H,1,6-9,13-17H2,2-4H3,(H,34,35)/t20-,21-,23?,27+,28?/m0/s1. The Hall–Kier alpha value is -2.32. The van der Waals surface area contributed by atoms with Crippen molar-refractivity contribution in [1.29, 1.82) is 0 Å². The summed E-state index contributed by atoms with van der Waals surface area (Å²) in [5.41, 5.74) is 2.77. The third kappa shape index (κ3) is 4.16. The van der Waals surface area contributed by atoms with Gasteiger partial charge in [-0.3, -0.25) is 14.4 Å². The first kappa shape index (κ1) is 26.7. The lowest BCUT2D eigenvalue weighted by Crippen LogP contribution is -2.55. The Morgan fingerprint density at radius 3 is 2.47 bits per heavy atom. The molecular formula is C28H38N2O5S. The van der Waals surface area contributed by atoms with Crippen LogP contribution in [0.25, 0.3) is 0 Å². The molecule has 2 N–H and O–H groups in total. The molecule has 3 saturated heterocycles. The molecule has 8 heteroatoms. The number of aliphatic carboxylic acids is 1. The van der Waals surface area contributed by atoms with Crippen LogP contribution in [0.5, 0.6) is 0 Å². The van der Waals surface area contributed by atoms with Crippen molar-refractivity contribution in [3.05, 3.63) is 42.0 Å². The number of nitrogens with zero attached hydrogens (tertiary/aromatic N) is 2. The zero-order valence-corrected chi connectivity index (χ0v) is 22.4. The van der Waals surface area contributed by atoms with E-state index in [1.54, 1.807) is 27.6 Å². The Kier molecular flexibility index (Phi) is 7.58. The second kappa shape index (κ2) is 10.2. The highest BCUT2D eigenvalue weighted by molar-refractivity contribution is 8.02. The summed E-state index contributed by atoms with van der Waals surface area (Å²) in [7, 11) is 0. The number of hydrogen-bond acceptors (Lipinski definition) is 5. The van der Waals surface area contributed by atoms with E-state index < -0.39 is 33.3 Å². The van der Waals surface area contributed by atoms with E-state index in [-0.39, 0.29) is 18.4 Å². The second-order valence-electron chi connectivity index (χ2n) is 10.7. The molecule has 0 radical (unpaired) electrons. The van der Waals surface area contributed by atoms with Gasteiger partial charge in [-0.25, -0.2) is 0 Å². The normalized spacial score (nSPS) is 30.5. The third-order valence-corrected chi connectivity index (χ3v) is 10.4. The molecule has 3 aliphatic heterocycles. The van der Waals surface area contributed by atoms with E-state index >= 15 is 0 Å². The molecule has 3 aliphatic rings. The summed E-state index contributed by atoms with van der Waals surface area (Å²) in [4.78, 5) is 44.3. The molecule has 4 rings (SSSR count). The molecule has 196 valence electrons. The number of fused-ring (bicyclic) bond motifs is 1. The molecule has 0 aliphatic carbocycles. The van der Waals surface area contributed by atoms with Gasteiger partial charge in [0.2, 0.25) is 5.91 Å². The van der Waals surface area contributed by atoms with E-state index in [0.29, 0.717) is 38.8 Å². The van der Waals surface area contributed by atoms with E-state index in [4.69, 9.17) is 5.11 Å². The van der Waals surface area contributed by atoms with Crippen molar-refractivity contribution in [3.8, 4) is 0 Å². The van der Waals surface area contributed by atoms with Crippen LogP contribution >= 0.6 is 11.8 Å². The fraction of sp³-hybridized carbons (Fsp3) is 0.607. The first-order valence-corrected chi connectivity index (χ1v) is 13.8. The summed E-state index contributed by atoms with van der Waals surface area (Å²) in [6.45, 7) is 10.6. The van der Waals surface area contributed by atoms with Crippen LogP contribution in [0.4, 0.5) is 5.69 Å². The molecule has 7 nitrogen and oxygen atoms in total. The van der Waals surface area contributed by atoms with Gasteiger partial charge in [0.1, 0.15) is 6.04 Å². The van der Waals surface area contributed by atoms with Gasteiger partial charge in [0.25, 0.3) is 5.91 Å². The predicted octanol–water partition coefficient (Wildman–Crippen LogP) is 3.94. The van der Waals surface area contributed by atoms with Gasteiger partial charge in [-0.15, -0.1) is 18.3 Å². The van der Waals surface area contributed by atoms with Crippen molar-refractivity contribution in [3.63, 3.8) is 0 Å². The number of rotatable bonds is 11. The lowest BCUT2D eigenvalue weighted by molar-refractivity contribution is -0.150. The van der Waals surface area contributed by atoms with Crippen molar-refractivity contribution in [1.82, 2.24) is 4.90 Å². The Balaban J connectivity index is 1.76. The summed E-state index contributed by atoms with van der Waals surface area (Å²) in [5, 5.41) is 19.3. The molecule has 1 spiro atoms. The fourth-order valence-electron chi connectivity index (χ4n) is 6.87. The molecule has 5 atom stereocenters. The van der Waals surface area contributed by atoms with E-state index in [2.05, 4.69) is 6.58 Å². The number of anilines is 1. The Morgan fingerprint density at radius 1 is 1.19 bits per heavy atom. The molecule has 2 unspecified atom stereocenters. The number of amides is 2. The van der Waals surface area contributed by atoms with E-state index in [0.717, 1.165) is 29.7 Å². The first-order valence-electron chi connectivity index (χ1n) is 13.0. The Labute approximate surface area is 217 Å². The van der Waals surface area contributed by atoms with Gasteiger partial charge in [0.15, 0.2) is 0 Å². The summed E-state index contributed by atoms with van der Waals surface area (Å²) < 4.78 is -1.30. The number of unbranched alkanes of at least 4 members (excludes halogenated alkanes) is 3. The van der Waals surface area contributed by atoms with E-state index in [1.807, 2.05) is 39.0 Å². The number of aryl methyl sites for hydroxylation is 2. The van der Waals surface area contributed by atoms with Crippen LogP contribution in [0.15, 0.2) is 30.9 Å². The molecule has 0 aromatic heterocycles. The summed E-state index contributed by atoms with van der Waals surface area (Å²) in [6, 6.07) is 5.19. The van der Waals surface area contributed by atoms with Gasteiger partial charge < -0.3 is 20.0 Å². The van der Waals surface area contributed by atoms with Crippen LogP contribution in [0, 0.1) is 25.7 Å². The number of carbonyl (C=O) groups excluding carboxylic acids is 2. The Morgan fingerprint density at radius 2 is 1.86 bits per heavy atom. The smallest absolute Gasteiger partial charge is 0.308 e. The quantitative estimate of drug-likeness (QED) is 0.343. The van der Waals surface area contributed by atoms with Gasteiger partial charge in [-0.05, 0) is 57.6 Å². The van der Waals surface area contributed by atoms with Crippen molar-refractivity contribution < 1.29 is 24.6 Å². The maximum atomic E-state index is 14.5. The number of carboxylic acids is 1. The Bertz CT molecular complexity index is 1040. The molecule has 2 bridgehead atoms. The first-order chi connectivity index (χ1) is 17.1. The van der Waals surface area contributed by atoms with Gasteiger partial charge in [0, 0.05) is 30.1 Å². The van der Waals surface area contributed by atoms with E-state index in [9.17, 15) is 19.5 Å². The van der Waals surface area contributed by atoms with Crippen LogP contribution < -0.4 is 4.90 Å². The highest BCUT2D eigenvalue weighted by Gasteiger charge is 2.77. The summed E-state index contributed by atoms with van der Waals surface area (Å²) in [6.07, 6.45) is 6.14. The van der Waals surface area contributed by atoms with Gasteiger partial charge in [-0.2, -0.15) is 0 Å². The maximum Gasteiger partial charge on any atom is 0.308 e.